The van der Waals surface area contributed by atoms with E-state index in [1.54, 1.807) is 0 Å². The molecule has 0 amide bonds. The Morgan fingerprint density at radius 1 is 1.00 bits per heavy atom. The zero-order valence-corrected chi connectivity index (χ0v) is 21.4. The van der Waals surface area contributed by atoms with E-state index in [2.05, 4.69) is 53.3 Å². The fourth-order valence-electron chi connectivity index (χ4n) is 3.77. The predicted molar refractivity (Wildman–Crippen MR) is 129 cm³/mol. The van der Waals surface area contributed by atoms with Crippen LogP contribution in [-0.4, -0.2) is 49.6 Å². The zero-order valence-electron chi connectivity index (χ0n) is 20.5. The molecule has 1 unspecified atom stereocenters. The third-order valence-corrected chi connectivity index (χ3v) is 6.54. The summed E-state index contributed by atoms with van der Waals surface area (Å²) >= 11 is 0. The number of rotatable bonds is 17. The van der Waals surface area contributed by atoms with Gasteiger partial charge in [-0.1, -0.05) is 70.9 Å². The van der Waals surface area contributed by atoms with Crippen LogP contribution in [0.1, 0.15) is 111 Å². The summed E-state index contributed by atoms with van der Waals surface area (Å²) in [5, 5.41) is 3.36. The first-order valence-corrected chi connectivity index (χ1v) is 13.6. The van der Waals surface area contributed by atoms with Crippen LogP contribution in [0, 0.1) is 0 Å². The van der Waals surface area contributed by atoms with Crippen LogP contribution < -0.4 is 5.32 Å². The Morgan fingerprint density at radius 3 is 1.97 bits per heavy atom. The summed E-state index contributed by atoms with van der Waals surface area (Å²) in [5.74, 6) is 0. The van der Waals surface area contributed by atoms with Crippen LogP contribution in [0.4, 0.5) is 0 Å². The maximum atomic E-state index is 9.22. The van der Waals surface area contributed by atoms with Gasteiger partial charge in [-0.2, -0.15) is 0 Å². The molecule has 0 aromatic carbocycles. The minimum absolute atomic E-state index is 0.362. The second-order valence-corrected chi connectivity index (χ2v) is 9.83. The molecular weight excluding hydrogens is 412 g/mol. The van der Waals surface area contributed by atoms with Gasteiger partial charge in [-0.3, -0.25) is 14.1 Å². The molecule has 1 heterocycles. The third kappa shape index (κ3) is 17.3. The Morgan fingerprint density at radius 2 is 1.52 bits per heavy atom. The van der Waals surface area contributed by atoms with Gasteiger partial charge in [0.2, 0.25) is 16.7 Å². The highest BCUT2D eigenvalue weighted by atomic mass is 32.3. The Balaban J connectivity index is 0.00000131. The summed E-state index contributed by atoms with van der Waals surface area (Å²) in [5.41, 5.74) is 0.362. The van der Waals surface area contributed by atoms with Gasteiger partial charge in [-0.05, 0) is 51.9 Å². The monoisotopic (exact) mass is 460 g/mol. The van der Waals surface area contributed by atoms with E-state index in [0.29, 0.717) is 5.54 Å². The Hall–Kier alpha value is -0.920. The Labute approximate surface area is 192 Å². The van der Waals surface area contributed by atoms with Gasteiger partial charge in [0.25, 0.3) is 0 Å². The highest BCUT2D eigenvalue weighted by Gasteiger charge is 2.31. The number of unbranched alkanes of at least 4 members (excludes halogenated alkanes) is 10. The summed E-state index contributed by atoms with van der Waals surface area (Å²) in [4.78, 5) is 0. The normalized spacial score (nSPS) is 15.8. The summed E-state index contributed by atoms with van der Waals surface area (Å²) < 4.78 is 33.5. The van der Waals surface area contributed by atoms with Gasteiger partial charge in [0, 0.05) is 0 Å². The average Bonchev–Trinajstić information content (AvgIpc) is 3.29. The lowest BCUT2D eigenvalue weighted by Crippen LogP contribution is -2.38. The van der Waals surface area contributed by atoms with E-state index in [0.717, 1.165) is 13.7 Å². The van der Waals surface area contributed by atoms with Gasteiger partial charge >= 0.3 is 0 Å². The van der Waals surface area contributed by atoms with Crippen LogP contribution in [0.2, 0.25) is 0 Å². The fourth-order valence-corrected chi connectivity index (χ4v) is 3.77. The Kier molecular flexibility index (Phi) is 18.1. The lowest BCUT2D eigenvalue weighted by Gasteiger charge is -2.27. The molecule has 1 aliphatic rings. The minimum atomic E-state index is -4.41. The number of nitrogens with zero attached hydrogens (tertiary/aromatic N) is 1. The molecule has 1 aliphatic heterocycles. The lowest BCUT2D eigenvalue weighted by molar-refractivity contribution is -0.595. The smallest absolute Gasteiger partial charge is 0.232 e. The summed E-state index contributed by atoms with van der Waals surface area (Å²) in [6, 6.07) is 0. The van der Waals surface area contributed by atoms with E-state index in [1.807, 2.05) is 0 Å². The van der Waals surface area contributed by atoms with Crippen LogP contribution >= 0.6 is 0 Å². The molecule has 1 atom stereocenters. The number of nitrogens with one attached hydrogen (secondary N) is 1. The van der Waals surface area contributed by atoms with Gasteiger partial charge in [0.15, 0.2) is 0 Å². The van der Waals surface area contributed by atoms with Gasteiger partial charge in [0.1, 0.15) is 18.6 Å². The zero-order chi connectivity index (χ0) is 23.4. The van der Waals surface area contributed by atoms with Crippen LogP contribution in [0.5, 0.6) is 0 Å². The van der Waals surface area contributed by atoms with Crippen molar-refractivity contribution in [3.63, 3.8) is 0 Å². The first kappa shape index (κ1) is 30.1. The van der Waals surface area contributed by atoms with E-state index in [9.17, 15) is 13.0 Å². The molecule has 1 rings (SSSR count). The largest absolute Gasteiger partial charge is 0.726 e. The van der Waals surface area contributed by atoms with Crippen molar-refractivity contribution in [2.24, 2.45) is 0 Å². The molecule has 1 N–H and O–H groups in total. The maximum absolute atomic E-state index is 9.22. The van der Waals surface area contributed by atoms with E-state index in [-0.39, 0.29) is 0 Å². The highest BCUT2D eigenvalue weighted by Crippen LogP contribution is 2.23. The molecule has 31 heavy (non-hydrogen) atoms. The van der Waals surface area contributed by atoms with Crippen molar-refractivity contribution < 1.29 is 21.7 Å². The Bertz CT molecular complexity index is 590. The molecule has 184 valence electrons. The molecule has 0 saturated carbocycles. The number of hydrogen-bond donors (Lipinski definition) is 1. The molecule has 0 spiro atoms. The van der Waals surface area contributed by atoms with Gasteiger partial charge in [-0.15, -0.1) is 0 Å². The highest BCUT2D eigenvalue weighted by molar-refractivity contribution is 7.80. The van der Waals surface area contributed by atoms with Crippen molar-refractivity contribution in [1.29, 1.82) is 0 Å². The SMILES string of the molecule is CCCCCCCC/C=C\CCCCCCC(C)(CC)[N+]1=CNCC1.COS(=O)(=O)[O-]. The summed E-state index contributed by atoms with van der Waals surface area (Å²) in [6.45, 7) is 9.34. The molecule has 0 bridgehead atoms. The maximum Gasteiger partial charge on any atom is 0.232 e. The predicted octanol–water partition coefficient (Wildman–Crippen LogP) is 5.54. The van der Waals surface area contributed by atoms with E-state index < -0.39 is 10.4 Å². The minimum Gasteiger partial charge on any atom is -0.726 e. The molecular formula is C24H48N2O4S. The van der Waals surface area contributed by atoms with Gasteiger partial charge in [0.05, 0.1) is 7.11 Å². The first-order valence-electron chi connectivity index (χ1n) is 12.3. The molecule has 6 nitrogen and oxygen atoms in total. The summed E-state index contributed by atoms with van der Waals surface area (Å²) in [7, 11) is -3.60. The number of allylic oxidation sites excluding steroid dienone is 2. The van der Waals surface area contributed by atoms with Crippen molar-refractivity contribution in [1.82, 2.24) is 5.32 Å². The topological polar surface area (TPSA) is 81.5 Å². The van der Waals surface area contributed by atoms with Crippen LogP contribution in [0.3, 0.4) is 0 Å². The summed E-state index contributed by atoms with van der Waals surface area (Å²) in [6.07, 6.45) is 26.2. The second kappa shape index (κ2) is 18.6. The van der Waals surface area contributed by atoms with Crippen molar-refractivity contribution in [3.8, 4) is 0 Å². The van der Waals surface area contributed by atoms with Crippen LogP contribution in [0.15, 0.2) is 12.2 Å². The molecule has 7 heteroatoms. The first-order chi connectivity index (χ1) is 14.8. The standard InChI is InChI=1S/C23H44N2.CH4O4S/c1-4-6-7-8-9-10-11-12-13-14-15-16-17-18-19-23(3,5-2)25-21-20-24-22-25;1-5-6(2,3)4/h12-13,22H,4-11,14-21H2,1-3H3;1H3,(H,2,3,4)/b13-12-;. The fraction of sp³-hybridized carbons (Fsp3) is 0.875. The van der Waals surface area contributed by atoms with Crippen molar-refractivity contribution in [2.75, 3.05) is 20.2 Å². The average molecular weight is 461 g/mol. The van der Waals surface area contributed by atoms with Crippen molar-refractivity contribution >= 4 is 16.7 Å². The van der Waals surface area contributed by atoms with Gasteiger partial charge in [-0.25, -0.2) is 8.42 Å². The number of hydrogen-bond acceptors (Lipinski definition) is 5. The molecule has 0 saturated heterocycles. The third-order valence-electron chi connectivity index (χ3n) is 6.13. The molecule has 0 radical (unpaired) electrons. The molecule has 0 fully saturated rings. The van der Waals surface area contributed by atoms with Crippen molar-refractivity contribution in [2.45, 2.75) is 116 Å². The van der Waals surface area contributed by atoms with E-state index in [1.165, 1.54) is 96.4 Å². The molecule has 0 aliphatic carbocycles. The molecule has 0 aromatic rings. The van der Waals surface area contributed by atoms with Crippen LogP contribution in [-0.2, 0) is 14.6 Å². The quantitative estimate of drug-likeness (QED) is 0.101. The van der Waals surface area contributed by atoms with Gasteiger partial charge < -0.3 is 4.55 Å². The van der Waals surface area contributed by atoms with E-state index >= 15 is 0 Å². The van der Waals surface area contributed by atoms with Crippen molar-refractivity contribution in [3.05, 3.63) is 12.2 Å². The lowest BCUT2D eigenvalue weighted by atomic mass is 9.90. The molecule has 0 aromatic heterocycles. The van der Waals surface area contributed by atoms with E-state index in [4.69, 9.17) is 0 Å². The second-order valence-electron chi connectivity index (χ2n) is 8.68. The van der Waals surface area contributed by atoms with Crippen LogP contribution in [0.25, 0.3) is 0 Å².